The maximum Gasteiger partial charge on any atom is 0.123 e. The second-order valence-corrected chi connectivity index (χ2v) is 4.73. The van der Waals surface area contributed by atoms with Crippen molar-refractivity contribution in [1.29, 1.82) is 0 Å². The van der Waals surface area contributed by atoms with E-state index in [1.807, 2.05) is 18.2 Å². The Morgan fingerprint density at radius 3 is 2.94 bits per heavy atom. The third-order valence-electron chi connectivity index (χ3n) is 3.39. The average Bonchev–Trinajstić information content (AvgIpc) is 2.31. The zero-order valence-corrected chi connectivity index (χ0v) is 9.88. The number of alkyl halides is 1. The Morgan fingerprint density at radius 1 is 1.44 bits per heavy atom. The molecule has 0 aromatic heterocycles. The van der Waals surface area contributed by atoms with E-state index < -0.39 is 6.17 Å². The number of rotatable bonds is 3. The van der Waals surface area contributed by atoms with Crippen LogP contribution in [0.3, 0.4) is 0 Å². The van der Waals surface area contributed by atoms with Gasteiger partial charge in [0.2, 0.25) is 0 Å². The van der Waals surface area contributed by atoms with Gasteiger partial charge in [-0.25, -0.2) is 4.39 Å². The van der Waals surface area contributed by atoms with Crippen molar-refractivity contribution in [2.24, 2.45) is 5.92 Å². The Kier molecular flexibility index (Phi) is 3.94. The van der Waals surface area contributed by atoms with Crippen LogP contribution in [-0.4, -0.2) is 13.1 Å². The monoisotopic (exact) mass is 221 g/mol. The first-order valence-electron chi connectivity index (χ1n) is 6.20. The molecule has 1 saturated heterocycles. The highest BCUT2D eigenvalue weighted by atomic mass is 19.1. The molecule has 0 radical (unpaired) electrons. The first kappa shape index (κ1) is 11.6. The van der Waals surface area contributed by atoms with Crippen LogP contribution in [0.15, 0.2) is 24.3 Å². The summed E-state index contributed by atoms with van der Waals surface area (Å²) in [4.78, 5) is 0. The summed E-state index contributed by atoms with van der Waals surface area (Å²) in [7, 11) is 0. The smallest absolute Gasteiger partial charge is 0.123 e. The minimum atomic E-state index is -0.854. The molecule has 0 spiro atoms. The van der Waals surface area contributed by atoms with Gasteiger partial charge in [-0.1, -0.05) is 24.3 Å². The molecule has 2 heteroatoms. The van der Waals surface area contributed by atoms with Crippen LogP contribution in [-0.2, 0) is 6.42 Å². The summed E-state index contributed by atoms with van der Waals surface area (Å²) in [5, 5.41) is 3.41. The number of hydrogen-bond donors (Lipinski definition) is 1. The lowest BCUT2D eigenvalue weighted by Gasteiger charge is -2.24. The zero-order valence-electron chi connectivity index (χ0n) is 9.88. The molecule has 1 aromatic rings. The van der Waals surface area contributed by atoms with Crippen molar-refractivity contribution in [2.45, 2.75) is 32.4 Å². The molecule has 1 heterocycles. The van der Waals surface area contributed by atoms with Gasteiger partial charge in [0, 0.05) is 0 Å². The second-order valence-electron chi connectivity index (χ2n) is 4.73. The summed E-state index contributed by atoms with van der Waals surface area (Å²) in [6, 6.07) is 7.92. The molecular formula is C14H20FN. The summed E-state index contributed by atoms with van der Waals surface area (Å²) in [5.41, 5.74) is 2.05. The first-order chi connectivity index (χ1) is 7.77. The molecule has 0 aliphatic carbocycles. The number of hydrogen-bond acceptors (Lipinski definition) is 1. The highest BCUT2D eigenvalue weighted by Gasteiger charge is 2.16. The van der Waals surface area contributed by atoms with Gasteiger partial charge in [-0.3, -0.25) is 0 Å². The van der Waals surface area contributed by atoms with E-state index >= 15 is 0 Å². The van der Waals surface area contributed by atoms with Crippen molar-refractivity contribution >= 4 is 0 Å². The quantitative estimate of drug-likeness (QED) is 0.826. The van der Waals surface area contributed by atoms with Crippen LogP contribution in [0.4, 0.5) is 4.39 Å². The fourth-order valence-corrected chi connectivity index (χ4v) is 2.52. The fraction of sp³-hybridized carbons (Fsp3) is 0.571. The average molecular weight is 221 g/mol. The summed E-state index contributed by atoms with van der Waals surface area (Å²) >= 11 is 0. The fourth-order valence-electron chi connectivity index (χ4n) is 2.52. The Labute approximate surface area is 97.1 Å². The minimum absolute atomic E-state index is 0.675. The van der Waals surface area contributed by atoms with Crippen molar-refractivity contribution in [3.63, 3.8) is 0 Å². The molecule has 1 aliphatic rings. The topological polar surface area (TPSA) is 12.0 Å². The molecule has 2 atom stereocenters. The van der Waals surface area contributed by atoms with E-state index in [2.05, 4.69) is 11.4 Å². The number of piperidine rings is 1. The van der Waals surface area contributed by atoms with Gasteiger partial charge in [0.1, 0.15) is 6.17 Å². The van der Waals surface area contributed by atoms with Crippen LogP contribution in [0.1, 0.15) is 37.1 Å². The van der Waals surface area contributed by atoms with Gasteiger partial charge in [-0.2, -0.15) is 0 Å². The maximum atomic E-state index is 13.4. The number of benzene rings is 1. The highest BCUT2D eigenvalue weighted by Crippen LogP contribution is 2.25. The lowest BCUT2D eigenvalue weighted by atomic mass is 9.89. The van der Waals surface area contributed by atoms with E-state index in [0.717, 1.165) is 25.1 Å². The minimum Gasteiger partial charge on any atom is -0.316 e. The van der Waals surface area contributed by atoms with E-state index in [4.69, 9.17) is 0 Å². The Morgan fingerprint density at radius 2 is 2.25 bits per heavy atom. The molecule has 1 aromatic carbocycles. The molecule has 88 valence electrons. The molecule has 16 heavy (non-hydrogen) atoms. The van der Waals surface area contributed by atoms with E-state index in [1.54, 1.807) is 6.92 Å². The predicted octanol–water partition coefficient (Wildman–Crippen LogP) is 3.26. The molecule has 0 amide bonds. The van der Waals surface area contributed by atoms with Crippen LogP contribution >= 0.6 is 0 Å². The van der Waals surface area contributed by atoms with Gasteiger partial charge in [-0.05, 0) is 56.3 Å². The van der Waals surface area contributed by atoms with Gasteiger partial charge in [0.05, 0.1) is 0 Å². The lowest BCUT2D eigenvalue weighted by molar-refractivity contribution is 0.357. The predicted molar refractivity (Wildman–Crippen MR) is 65.3 cm³/mol. The number of halogens is 1. The molecule has 1 fully saturated rings. The number of nitrogens with one attached hydrogen (secondary N) is 1. The summed E-state index contributed by atoms with van der Waals surface area (Å²) in [6.45, 7) is 3.84. The zero-order chi connectivity index (χ0) is 11.4. The largest absolute Gasteiger partial charge is 0.316 e. The van der Waals surface area contributed by atoms with Crippen molar-refractivity contribution in [3.8, 4) is 0 Å². The molecule has 1 N–H and O–H groups in total. The molecule has 2 rings (SSSR count). The molecule has 0 saturated carbocycles. The van der Waals surface area contributed by atoms with Crippen LogP contribution in [0, 0.1) is 5.92 Å². The highest BCUT2D eigenvalue weighted by molar-refractivity contribution is 5.29. The van der Waals surface area contributed by atoms with E-state index in [1.165, 1.54) is 18.4 Å². The second kappa shape index (κ2) is 5.44. The van der Waals surface area contributed by atoms with Crippen LogP contribution in [0.5, 0.6) is 0 Å². The maximum absolute atomic E-state index is 13.4. The standard InChI is InChI=1S/C14H20FN/c1-11(15)14-7-3-2-6-13(14)9-12-5-4-8-16-10-12/h2-3,6-7,11-12,16H,4-5,8-10H2,1H3. The van der Waals surface area contributed by atoms with E-state index in [-0.39, 0.29) is 0 Å². The van der Waals surface area contributed by atoms with E-state index in [0.29, 0.717) is 5.92 Å². The van der Waals surface area contributed by atoms with Crippen LogP contribution < -0.4 is 5.32 Å². The van der Waals surface area contributed by atoms with Gasteiger partial charge >= 0.3 is 0 Å². The van der Waals surface area contributed by atoms with Crippen molar-refractivity contribution < 1.29 is 4.39 Å². The molecule has 0 bridgehead atoms. The summed E-state index contributed by atoms with van der Waals surface area (Å²) < 4.78 is 13.4. The molecular weight excluding hydrogens is 201 g/mol. The van der Waals surface area contributed by atoms with Gasteiger partial charge < -0.3 is 5.32 Å². The van der Waals surface area contributed by atoms with Crippen LogP contribution in [0.25, 0.3) is 0 Å². The Hall–Kier alpha value is -0.890. The van der Waals surface area contributed by atoms with Gasteiger partial charge in [0.15, 0.2) is 0 Å². The lowest BCUT2D eigenvalue weighted by Crippen LogP contribution is -2.31. The summed E-state index contributed by atoms with van der Waals surface area (Å²) in [6.07, 6.45) is 2.67. The van der Waals surface area contributed by atoms with Gasteiger partial charge in [-0.15, -0.1) is 0 Å². The molecule has 2 unspecified atom stereocenters. The Balaban J connectivity index is 2.07. The first-order valence-corrected chi connectivity index (χ1v) is 6.20. The van der Waals surface area contributed by atoms with Crippen molar-refractivity contribution in [3.05, 3.63) is 35.4 Å². The van der Waals surface area contributed by atoms with Crippen molar-refractivity contribution in [1.82, 2.24) is 5.32 Å². The Bertz CT molecular complexity index is 329. The SMILES string of the molecule is CC(F)c1ccccc1CC1CCCNC1. The van der Waals surface area contributed by atoms with Crippen LogP contribution in [0.2, 0.25) is 0 Å². The molecule has 1 nitrogen and oxygen atoms in total. The normalized spacial score (nSPS) is 23.0. The van der Waals surface area contributed by atoms with Crippen molar-refractivity contribution in [2.75, 3.05) is 13.1 Å². The van der Waals surface area contributed by atoms with E-state index in [9.17, 15) is 4.39 Å². The molecule has 1 aliphatic heterocycles. The van der Waals surface area contributed by atoms with Gasteiger partial charge in [0.25, 0.3) is 0 Å². The summed E-state index contributed by atoms with van der Waals surface area (Å²) in [5.74, 6) is 0.675. The third kappa shape index (κ3) is 2.82. The third-order valence-corrected chi connectivity index (χ3v) is 3.39.